The summed E-state index contributed by atoms with van der Waals surface area (Å²) in [6, 6.07) is 8.92. The third-order valence-electron chi connectivity index (χ3n) is 5.60. The summed E-state index contributed by atoms with van der Waals surface area (Å²) < 4.78 is 46.3. The van der Waals surface area contributed by atoms with Gasteiger partial charge in [0.25, 0.3) is 17.7 Å². The monoisotopic (exact) mass is 462 g/mol. The number of carbonyl (C=O) groups is 3. The summed E-state index contributed by atoms with van der Waals surface area (Å²) in [6.07, 6.45) is -3.30. The highest BCUT2D eigenvalue weighted by Gasteiger charge is 2.38. The molecule has 1 fully saturated rings. The van der Waals surface area contributed by atoms with E-state index in [2.05, 4.69) is 10.1 Å². The summed E-state index contributed by atoms with van der Waals surface area (Å²) >= 11 is 0. The van der Waals surface area contributed by atoms with Crippen LogP contribution in [0.15, 0.2) is 42.5 Å². The molecular formula is C23H21F3N2O5. The number of imide groups is 1. The predicted octanol–water partition coefficient (Wildman–Crippen LogP) is 3.85. The van der Waals surface area contributed by atoms with E-state index >= 15 is 0 Å². The van der Waals surface area contributed by atoms with Crippen molar-refractivity contribution < 1.29 is 37.0 Å². The molecule has 1 saturated heterocycles. The number of benzene rings is 2. The summed E-state index contributed by atoms with van der Waals surface area (Å²) in [5.74, 6) is -1.72. The molecule has 1 N–H and O–H groups in total. The van der Waals surface area contributed by atoms with Crippen LogP contribution in [0.3, 0.4) is 0 Å². The molecule has 4 rings (SSSR count). The molecule has 2 heterocycles. The standard InChI is InChI=1S/C23H21F3N2O5/c1-13(14-4-7-16(8-5-14)33-23(24,25)26)27-20(29)15-6-9-18-19(11-15)22(31)28(21(18)30)12-17-3-2-10-32-17/h4-9,11,13,17H,2-3,10,12H2,1H3,(H,27,29). The molecule has 0 aliphatic carbocycles. The van der Waals surface area contributed by atoms with Gasteiger partial charge in [-0.15, -0.1) is 13.2 Å². The van der Waals surface area contributed by atoms with E-state index in [9.17, 15) is 27.6 Å². The molecule has 10 heteroatoms. The van der Waals surface area contributed by atoms with Crippen LogP contribution in [-0.2, 0) is 4.74 Å². The Hall–Kier alpha value is -3.40. The van der Waals surface area contributed by atoms with Crippen LogP contribution in [0, 0.1) is 0 Å². The molecule has 0 aromatic heterocycles. The molecule has 0 bridgehead atoms. The number of nitrogens with zero attached hydrogens (tertiary/aromatic N) is 1. The Morgan fingerprint density at radius 2 is 1.85 bits per heavy atom. The van der Waals surface area contributed by atoms with Gasteiger partial charge >= 0.3 is 6.36 Å². The van der Waals surface area contributed by atoms with E-state index < -0.39 is 30.1 Å². The van der Waals surface area contributed by atoms with Gasteiger partial charge in [0.2, 0.25) is 0 Å². The Bertz CT molecular complexity index is 1080. The lowest BCUT2D eigenvalue weighted by Gasteiger charge is -2.17. The second kappa shape index (κ2) is 8.86. The molecule has 2 aliphatic heterocycles. The summed E-state index contributed by atoms with van der Waals surface area (Å²) in [5, 5.41) is 2.74. The number of rotatable bonds is 6. The number of amides is 3. The van der Waals surface area contributed by atoms with Gasteiger partial charge in [-0.05, 0) is 55.7 Å². The number of carbonyl (C=O) groups excluding carboxylic acids is 3. The molecule has 2 atom stereocenters. The van der Waals surface area contributed by atoms with Crippen molar-refractivity contribution in [2.24, 2.45) is 0 Å². The fraction of sp³-hybridized carbons (Fsp3) is 0.348. The number of alkyl halides is 3. The lowest BCUT2D eigenvalue weighted by molar-refractivity contribution is -0.274. The van der Waals surface area contributed by atoms with Crippen molar-refractivity contribution in [3.05, 3.63) is 64.7 Å². The van der Waals surface area contributed by atoms with Gasteiger partial charge in [0.05, 0.1) is 29.8 Å². The van der Waals surface area contributed by atoms with Crippen molar-refractivity contribution in [3.8, 4) is 5.75 Å². The number of halogens is 3. The smallest absolute Gasteiger partial charge is 0.406 e. The van der Waals surface area contributed by atoms with Crippen LogP contribution < -0.4 is 10.1 Å². The van der Waals surface area contributed by atoms with Gasteiger partial charge in [0.1, 0.15) is 5.75 Å². The van der Waals surface area contributed by atoms with E-state index in [1.165, 1.54) is 30.3 Å². The average molecular weight is 462 g/mol. The molecule has 2 aromatic rings. The molecule has 0 spiro atoms. The van der Waals surface area contributed by atoms with Crippen molar-refractivity contribution in [2.45, 2.75) is 38.3 Å². The minimum absolute atomic E-state index is 0.159. The lowest BCUT2D eigenvalue weighted by atomic mass is 10.0. The Balaban J connectivity index is 1.43. The zero-order valence-electron chi connectivity index (χ0n) is 17.6. The highest BCUT2D eigenvalue weighted by atomic mass is 19.4. The third kappa shape index (κ3) is 5.00. The lowest BCUT2D eigenvalue weighted by Crippen LogP contribution is -2.36. The topological polar surface area (TPSA) is 84.9 Å². The van der Waals surface area contributed by atoms with Crippen LogP contribution in [0.5, 0.6) is 5.75 Å². The first kappa shape index (κ1) is 22.8. The second-order valence-corrected chi connectivity index (χ2v) is 7.93. The number of hydrogen-bond donors (Lipinski definition) is 1. The maximum absolute atomic E-state index is 12.8. The third-order valence-corrected chi connectivity index (χ3v) is 5.60. The van der Waals surface area contributed by atoms with E-state index in [1.54, 1.807) is 6.92 Å². The van der Waals surface area contributed by atoms with Gasteiger partial charge < -0.3 is 14.8 Å². The summed E-state index contributed by atoms with van der Waals surface area (Å²) in [4.78, 5) is 39.3. The normalized spacial score (nSPS) is 18.9. The first-order valence-corrected chi connectivity index (χ1v) is 10.4. The van der Waals surface area contributed by atoms with Crippen LogP contribution in [-0.4, -0.2) is 48.2 Å². The van der Waals surface area contributed by atoms with Crippen LogP contribution >= 0.6 is 0 Å². The number of ether oxygens (including phenoxy) is 2. The molecule has 2 aromatic carbocycles. The fourth-order valence-corrected chi connectivity index (χ4v) is 3.91. The Kier molecular flexibility index (Phi) is 6.11. The average Bonchev–Trinajstić information content (AvgIpc) is 3.36. The number of fused-ring (bicyclic) bond motifs is 1. The predicted molar refractivity (Wildman–Crippen MR) is 110 cm³/mol. The quantitative estimate of drug-likeness (QED) is 0.660. The first-order chi connectivity index (χ1) is 15.6. The first-order valence-electron chi connectivity index (χ1n) is 10.4. The molecule has 2 aliphatic rings. The largest absolute Gasteiger partial charge is 0.573 e. The van der Waals surface area contributed by atoms with Gasteiger partial charge in [-0.1, -0.05) is 12.1 Å². The number of nitrogens with one attached hydrogen (secondary N) is 1. The molecular weight excluding hydrogens is 441 g/mol. The Morgan fingerprint density at radius 3 is 2.48 bits per heavy atom. The van der Waals surface area contributed by atoms with E-state index in [0.29, 0.717) is 12.2 Å². The fourth-order valence-electron chi connectivity index (χ4n) is 3.91. The Labute approximate surface area is 187 Å². The summed E-state index contributed by atoms with van der Waals surface area (Å²) in [5.41, 5.74) is 1.15. The van der Waals surface area contributed by atoms with Crippen LogP contribution in [0.4, 0.5) is 13.2 Å². The van der Waals surface area contributed by atoms with Gasteiger partial charge in [-0.2, -0.15) is 0 Å². The molecule has 7 nitrogen and oxygen atoms in total. The van der Waals surface area contributed by atoms with Gasteiger partial charge in [-0.25, -0.2) is 0 Å². The molecule has 0 saturated carbocycles. The summed E-state index contributed by atoms with van der Waals surface area (Å²) in [7, 11) is 0. The highest BCUT2D eigenvalue weighted by molar-refractivity contribution is 6.22. The van der Waals surface area contributed by atoms with E-state index in [0.717, 1.165) is 29.9 Å². The van der Waals surface area contributed by atoms with Crippen LogP contribution in [0.25, 0.3) is 0 Å². The van der Waals surface area contributed by atoms with Gasteiger partial charge in [0.15, 0.2) is 0 Å². The maximum Gasteiger partial charge on any atom is 0.573 e. The van der Waals surface area contributed by atoms with Crippen molar-refractivity contribution in [2.75, 3.05) is 13.2 Å². The zero-order valence-corrected chi connectivity index (χ0v) is 17.6. The van der Waals surface area contributed by atoms with Gasteiger partial charge in [0, 0.05) is 12.2 Å². The van der Waals surface area contributed by atoms with Gasteiger partial charge in [-0.3, -0.25) is 19.3 Å². The molecule has 33 heavy (non-hydrogen) atoms. The summed E-state index contributed by atoms with van der Waals surface area (Å²) in [6.45, 7) is 2.45. The van der Waals surface area contributed by atoms with Crippen molar-refractivity contribution in [1.29, 1.82) is 0 Å². The molecule has 2 unspecified atom stereocenters. The van der Waals surface area contributed by atoms with Crippen LogP contribution in [0.2, 0.25) is 0 Å². The maximum atomic E-state index is 12.8. The minimum atomic E-state index is -4.78. The highest BCUT2D eigenvalue weighted by Crippen LogP contribution is 2.27. The number of hydrogen-bond acceptors (Lipinski definition) is 5. The van der Waals surface area contributed by atoms with E-state index in [1.807, 2.05) is 0 Å². The van der Waals surface area contributed by atoms with Crippen molar-refractivity contribution in [3.63, 3.8) is 0 Å². The molecule has 3 amide bonds. The minimum Gasteiger partial charge on any atom is -0.406 e. The van der Waals surface area contributed by atoms with E-state index in [-0.39, 0.29) is 35.1 Å². The van der Waals surface area contributed by atoms with E-state index in [4.69, 9.17) is 4.74 Å². The van der Waals surface area contributed by atoms with Crippen molar-refractivity contribution >= 4 is 17.7 Å². The zero-order chi connectivity index (χ0) is 23.8. The molecule has 0 radical (unpaired) electrons. The second-order valence-electron chi connectivity index (χ2n) is 7.93. The Morgan fingerprint density at radius 1 is 1.15 bits per heavy atom. The van der Waals surface area contributed by atoms with Crippen molar-refractivity contribution in [1.82, 2.24) is 10.2 Å². The molecule has 174 valence electrons. The van der Waals surface area contributed by atoms with Crippen LogP contribution in [0.1, 0.15) is 62.4 Å². The SMILES string of the molecule is CC(NC(=O)c1ccc2c(c1)C(=O)N(CC1CCCO1)C2=O)c1ccc(OC(F)(F)F)cc1.